The van der Waals surface area contributed by atoms with Gasteiger partial charge in [0.1, 0.15) is 16.2 Å². The summed E-state index contributed by atoms with van der Waals surface area (Å²) in [5, 5.41) is 1.87. The van der Waals surface area contributed by atoms with Gasteiger partial charge >= 0.3 is 0 Å². The molecular formula is C18H18N4O2S. The summed E-state index contributed by atoms with van der Waals surface area (Å²) < 4.78 is 0.658. The van der Waals surface area contributed by atoms with E-state index in [0.717, 1.165) is 24.9 Å². The van der Waals surface area contributed by atoms with E-state index in [1.807, 2.05) is 23.6 Å². The Bertz CT molecular complexity index is 950. The van der Waals surface area contributed by atoms with Crippen LogP contribution in [0.15, 0.2) is 40.6 Å². The highest BCUT2D eigenvalue weighted by Gasteiger charge is 2.27. The summed E-state index contributed by atoms with van der Waals surface area (Å²) in [5.41, 5.74) is 1.18. The molecule has 1 aliphatic rings. The minimum absolute atomic E-state index is 0.0553. The van der Waals surface area contributed by atoms with E-state index in [4.69, 9.17) is 0 Å². The Kier molecular flexibility index (Phi) is 4.42. The third-order valence-corrected chi connectivity index (χ3v) is 5.43. The molecule has 7 heteroatoms. The lowest BCUT2D eigenvalue weighted by atomic mass is 9.92. The van der Waals surface area contributed by atoms with Crippen molar-refractivity contribution in [3.8, 4) is 0 Å². The van der Waals surface area contributed by atoms with Crippen molar-refractivity contribution in [2.24, 2.45) is 5.92 Å². The molecule has 1 N–H and O–H groups in total. The van der Waals surface area contributed by atoms with Crippen LogP contribution in [0.3, 0.4) is 0 Å². The van der Waals surface area contributed by atoms with Crippen molar-refractivity contribution >= 4 is 27.3 Å². The Hall–Kier alpha value is -2.38. The van der Waals surface area contributed by atoms with Gasteiger partial charge in [-0.25, -0.2) is 4.98 Å². The minimum Gasteiger partial charge on any atom is -0.308 e. The third kappa shape index (κ3) is 3.38. The summed E-state index contributed by atoms with van der Waals surface area (Å²) >= 11 is 1.40. The van der Waals surface area contributed by atoms with Crippen molar-refractivity contribution in [2.45, 2.75) is 19.4 Å². The Labute approximate surface area is 148 Å². The molecule has 1 atom stereocenters. The van der Waals surface area contributed by atoms with Gasteiger partial charge in [0.2, 0.25) is 0 Å². The highest BCUT2D eigenvalue weighted by Crippen LogP contribution is 2.21. The largest absolute Gasteiger partial charge is 0.308 e. The molecule has 0 bridgehead atoms. The number of likely N-dealkylation sites (tertiary alicyclic amines) is 1. The first-order valence-electron chi connectivity index (χ1n) is 8.35. The number of carbonyl (C=O) groups is 1. The maximum Gasteiger partial charge on any atom is 0.268 e. The zero-order valence-electron chi connectivity index (χ0n) is 13.6. The number of fused-ring (bicyclic) bond motifs is 1. The van der Waals surface area contributed by atoms with E-state index in [1.165, 1.54) is 11.3 Å². The molecule has 6 nitrogen and oxygen atoms in total. The predicted octanol–water partition coefficient (Wildman–Crippen LogP) is 2.47. The van der Waals surface area contributed by atoms with Gasteiger partial charge in [0.25, 0.3) is 5.56 Å². The first kappa shape index (κ1) is 16.1. The summed E-state index contributed by atoms with van der Waals surface area (Å²) in [4.78, 5) is 38.5. The van der Waals surface area contributed by atoms with Gasteiger partial charge in [-0.2, -0.15) is 0 Å². The zero-order chi connectivity index (χ0) is 17.2. The molecule has 0 spiro atoms. The fourth-order valence-electron chi connectivity index (χ4n) is 3.34. The van der Waals surface area contributed by atoms with Gasteiger partial charge in [0, 0.05) is 18.7 Å². The van der Waals surface area contributed by atoms with E-state index in [2.05, 4.69) is 19.9 Å². The fourth-order valence-corrected chi connectivity index (χ4v) is 4.06. The van der Waals surface area contributed by atoms with Crippen LogP contribution in [-0.2, 0) is 6.54 Å². The van der Waals surface area contributed by atoms with Gasteiger partial charge in [-0.1, -0.05) is 6.07 Å². The van der Waals surface area contributed by atoms with Crippen molar-refractivity contribution in [1.82, 2.24) is 19.9 Å². The van der Waals surface area contributed by atoms with Crippen LogP contribution in [0.2, 0.25) is 0 Å². The van der Waals surface area contributed by atoms with E-state index in [0.29, 0.717) is 29.3 Å². The number of H-pyrrole nitrogens is 1. The van der Waals surface area contributed by atoms with E-state index >= 15 is 0 Å². The maximum atomic E-state index is 12.6. The van der Waals surface area contributed by atoms with Crippen LogP contribution in [0.25, 0.3) is 10.2 Å². The molecule has 0 aliphatic carbocycles. The van der Waals surface area contributed by atoms with Crippen molar-refractivity contribution in [3.05, 3.63) is 57.7 Å². The SMILES string of the molecule is O=C(c1ccccn1)C1CCCN(Cc2nc3ccsc3c(=O)[nH]2)C1. The summed E-state index contributed by atoms with van der Waals surface area (Å²) in [6.45, 7) is 2.12. The lowest BCUT2D eigenvalue weighted by Crippen LogP contribution is -2.39. The molecule has 128 valence electrons. The monoisotopic (exact) mass is 354 g/mol. The second-order valence-electron chi connectivity index (χ2n) is 6.30. The normalized spacial score (nSPS) is 18.5. The van der Waals surface area contributed by atoms with Gasteiger partial charge in [0.05, 0.1) is 12.1 Å². The predicted molar refractivity (Wildman–Crippen MR) is 96.8 cm³/mol. The van der Waals surface area contributed by atoms with Crippen LogP contribution in [0.4, 0.5) is 0 Å². The number of pyridine rings is 1. The molecule has 3 aromatic rings. The van der Waals surface area contributed by atoms with Gasteiger partial charge < -0.3 is 4.98 Å². The van der Waals surface area contributed by atoms with Crippen molar-refractivity contribution < 1.29 is 4.79 Å². The molecule has 1 unspecified atom stereocenters. The molecule has 0 radical (unpaired) electrons. The van der Waals surface area contributed by atoms with E-state index in [1.54, 1.807) is 12.3 Å². The second kappa shape index (κ2) is 6.85. The average Bonchev–Trinajstić information content (AvgIpc) is 3.11. The van der Waals surface area contributed by atoms with Crippen molar-refractivity contribution in [2.75, 3.05) is 13.1 Å². The number of carbonyl (C=O) groups excluding carboxylic acids is 1. The molecular weight excluding hydrogens is 336 g/mol. The number of rotatable bonds is 4. The first-order valence-corrected chi connectivity index (χ1v) is 9.22. The van der Waals surface area contributed by atoms with Crippen LogP contribution < -0.4 is 5.56 Å². The fraction of sp³-hybridized carbons (Fsp3) is 0.333. The number of aromatic nitrogens is 3. The Morgan fingerprint density at radius 3 is 3.12 bits per heavy atom. The summed E-state index contributed by atoms with van der Waals surface area (Å²) in [5.74, 6) is 0.696. The van der Waals surface area contributed by atoms with E-state index < -0.39 is 0 Å². The zero-order valence-corrected chi connectivity index (χ0v) is 14.5. The Morgan fingerprint density at radius 1 is 1.36 bits per heavy atom. The van der Waals surface area contributed by atoms with Gasteiger partial charge in [-0.05, 0) is 43.0 Å². The maximum absolute atomic E-state index is 12.6. The van der Waals surface area contributed by atoms with Crippen LogP contribution >= 0.6 is 11.3 Å². The van der Waals surface area contributed by atoms with E-state index in [9.17, 15) is 9.59 Å². The quantitative estimate of drug-likeness (QED) is 0.728. The molecule has 4 heterocycles. The van der Waals surface area contributed by atoms with Crippen LogP contribution in [0, 0.1) is 5.92 Å². The highest BCUT2D eigenvalue weighted by molar-refractivity contribution is 7.17. The summed E-state index contributed by atoms with van der Waals surface area (Å²) in [6, 6.07) is 7.28. The number of nitrogens with zero attached hydrogens (tertiary/aromatic N) is 3. The molecule has 0 aromatic carbocycles. The van der Waals surface area contributed by atoms with Crippen LogP contribution in [0.1, 0.15) is 29.2 Å². The molecule has 1 fully saturated rings. The molecule has 4 rings (SSSR count). The third-order valence-electron chi connectivity index (χ3n) is 4.53. The minimum atomic E-state index is -0.0897. The van der Waals surface area contributed by atoms with E-state index in [-0.39, 0.29) is 17.3 Å². The van der Waals surface area contributed by atoms with Gasteiger partial charge in [-0.15, -0.1) is 11.3 Å². The smallest absolute Gasteiger partial charge is 0.268 e. The molecule has 3 aromatic heterocycles. The number of hydrogen-bond acceptors (Lipinski definition) is 6. The average molecular weight is 354 g/mol. The topological polar surface area (TPSA) is 79.0 Å². The number of thiophene rings is 1. The molecule has 1 aliphatic heterocycles. The number of Topliss-reactive ketones (excluding diaryl/α,β-unsaturated/α-hetero) is 1. The van der Waals surface area contributed by atoms with Crippen LogP contribution in [-0.4, -0.2) is 38.7 Å². The van der Waals surface area contributed by atoms with Crippen molar-refractivity contribution in [3.63, 3.8) is 0 Å². The van der Waals surface area contributed by atoms with Crippen molar-refractivity contribution in [1.29, 1.82) is 0 Å². The molecule has 25 heavy (non-hydrogen) atoms. The molecule has 1 saturated heterocycles. The Balaban J connectivity index is 1.49. The second-order valence-corrected chi connectivity index (χ2v) is 7.22. The highest BCUT2D eigenvalue weighted by atomic mass is 32.1. The number of aromatic amines is 1. The van der Waals surface area contributed by atoms with Crippen LogP contribution in [0.5, 0.6) is 0 Å². The standard InChI is InChI=1S/C18H18N4O2S/c23-16(13-5-1-2-7-19-13)12-4-3-8-22(10-12)11-15-20-14-6-9-25-17(14)18(24)21-15/h1-2,5-7,9,12H,3-4,8,10-11H2,(H,20,21,24). The Morgan fingerprint density at radius 2 is 2.28 bits per heavy atom. The first-order chi connectivity index (χ1) is 12.2. The lowest BCUT2D eigenvalue weighted by molar-refractivity contribution is 0.0803. The number of nitrogens with one attached hydrogen (secondary N) is 1. The lowest BCUT2D eigenvalue weighted by Gasteiger charge is -2.31. The van der Waals surface area contributed by atoms with Gasteiger partial charge in [-0.3, -0.25) is 19.5 Å². The summed E-state index contributed by atoms with van der Waals surface area (Å²) in [6.07, 6.45) is 3.48. The number of piperidine rings is 1. The number of ketones is 1. The number of hydrogen-bond donors (Lipinski definition) is 1. The van der Waals surface area contributed by atoms with Gasteiger partial charge in [0.15, 0.2) is 5.78 Å². The molecule has 0 amide bonds. The molecule has 0 saturated carbocycles. The summed E-state index contributed by atoms with van der Waals surface area (Å²) in [7, 11) is 0.